The van der Waals surface area contributed by atoms with Crippen molar-refractivity contribution in [1.29, 1.82) is 0 Å². The van der Waals surface area contributed by atoms with Crippen molar-refractivity contribution < 1.29 is 9.53 Å². The first-order valence-corrected chi connectivity index (χ1v) is 8.26. The summed E-state index contributed by atoms with van der Waals surface area (Å²) >= 11 is 0. The van der Waals surface area contributed by atoms with Crippen molar-refractivity contribution in [2.75, 3.05) is 0 Å². The van der Waals surface area contributed by atoms with Gasteiger partial charge in [-0.2, -0.15) is 4.68 Å². The molecule has 128 valence electrons. The van der Waals surface area contributed by atoms with Gasteiger partial charge >= 0.3 is 5.97 Å². The highest BCUT2D eigenvalue weighted by Crippen LogP contribution is 2.19. The number of aromatic nitrogens is 4. The zero-order chi connectivity index (χ0) is 17.8. The van der Waals surface area contributed by atoms with Crippen LogP contribution in [0.2, 0.25) is 0 Å². The molecule has 0 fully saturated rings. The zero-order valence-electron chi connectivity index (χ0n) is 13.9. The molecule has 0 unspecified atom stereocenters. The van der Waals surface area contributed by atoms with Crippen molar-refractivity contribution in [2.45, 2.75) is 13.0 Å². The number of tetrazole rings is 1. The Balaban J connectivity index is 1.46. The highest BCUT2D eigenvalue weighted by molar-refractivity contribution is 5.88. The van der Waals surface area contributed by atoms with Crippen molar-refractivity contribution >= 4 is 16.7 Å². The number of rotatable bonds is 5. The predicted molar refractivity (Wildman–Crippen MR) is 96.6 cm³/mol. The van der Waals surface area contributed by atoms with Crippen LogP contribution in [0.4, 0.5) is 0 Å². The molecular formula is C20H16N4O2. The number of esters is 1. The van der Waals surface area contributed by atoms with E-state index in [9.17, 15) is 4.79 Å². The molecule has 0 bridgehead atoms. The fourth-order valence-corrected chi connectivity index (χ4v) is 2.86. The van der Waals surface area contributed by atoms with Crippen molar-refractivity contribution in [2.24, 2.45) is 0 Å². The maximum atomic E-state index is 12.3. The van der Waals surface area contributed by atoms with Crippen molar-refractivity contribution in [3.63, 3.8) is 0 Å². The van der Waals surface area contributed by atoms with Crippen molar-refractivity contribution in [1.82, 2.24) is 20.2 Å². The Hall–Kier alpha value is -3.54. The second-order valence-corrected chi connectivity index (χ2v) is 5.82. The molecule has 4 aromatic rings. The van der Waals surface area contributed by atoms with Gasteiger partial charge < -0.3 is 4.74 Å². The summed E-state index contributed by atoms with van der Waals surface area (Å²) in [6.45, 7) is 0.0193. The molecule has 1 heterocycles. The van der Waals surface area contributed by atoms with E-state index in [4.69, 9.17) is 4.74 Å². The minimum atomic E-state index is -0.316. The molecule has 0 radical (unpaired) electrons. The minimum absolute atomic E-state index is 0.0193. The van der Waals surface area contributed by atoms with Crippen LogP contribution in [0.3, 0.4) is 0 Å². The van der Waals surface area contributed by atoms with Crippen LogP contribution in [0.25, 0.3) is 16.5 Å². The summed E-state index contributed by atoms with van der Waals surface area (Å²) in [7, 11) is 0. The first kappa shape index (κ1) is 16.0. The van der Waals surface area contributed by atoms with Gasteiger partial charge in [0.15, 0.2) is 12.4 Å². The van der Waals surface area contributed by atoms with Gasteiger partial charge in [-0.05, 0) is 38.9 Å². The van der Waals surface area contributed by atoms with E-state index in [1.54, 1.807) is 4.68 Å². The van der Waals surface area contributed by atoms with Crippen LogP contribution < -0.4 is 0 Å². The van der Waals surface area contributed by atoms with Crippen molar-refractivity contribution in [3.8, 4) is 5.69 Å². The largest absolute Gasteiger partial charge is 0.457 e. The Bertz CT molecular complexity index is 1040. The number of carbonyl (C=O) groups excluding carboxylic acids is 1. The van der Waals surface area contributed by atoms with Gasteiger partial charge in [-0.3, -0.25) is 4.79 Å². The van der Waals surface area contributed by atoms with Gasteiger partial charge in [-0.15, -0.1) is 5.10 Å². The van der Waals surface area contributed by atoms with Gasteiger partial charge in [-0.1, -0.05) is 60.7 Å². The molecule has 6 heteroatoms. The zero-order valence-corrected chi connectivity index (χ0v) is 13.9. The lowest BCUT2D eigenvalue weighted by molar-refractivity contribution is -0.144. The molecule has 0 saturated carbocycles. The molecule has 3 aromatic carbocycles. The maximum absolute atomic E-state index is 12.3. The second-order valence-electron chi connectivity index (χ2n) is 5.82. The molecule has 4 rings (SSSR count). The predicted octanol–water partition coefficient (Wildman–Crippen LogP) is 3.10. The molecular weight excluding hydrogens is 328 g/mol. The first-order chi connectivity index (χ1) is 12.8. The Kier molecular flexibility index (Phi) is 4.38. The molecule has 0 N–H and O–H groups in total. The third kappa shape index (κ3) is 3.30. The van der Waals surface area contributed by atoms with Crippen LogP contribution in [0.5, 0.6) is 0 Å². The van der Waals surface area contributed by atoms with E-state index in [1.807, 2.05) is 72.8 Å². The SMILES string of the molecule is O=C(Cc1cccc2ccccc12)OCc1nnnn1-c1ccccc1. The van der Waals surface area contributed by atoms with E-state index in [1.165, 1.54) is 0 Å². The van der Waals surface area contributed by atoms with Crippen LogP contribution in [0, 0.1) is 0 Å². The van der Waals surface area contributed by atoms with Gasteiger partial charge in [0.25, 0.3) is 0 Å². The van der Waals surface area contributed by atoms with Crippen LogP contribution in [-0.2, 0) is 22.6 Å². The molecule has 6 nitrogen and oxygen atoms in total. The third-order valence-electron chi connectivity index (χ3n) is 4.11. The molecule has 0 aliphatic carbocycles. The van der Waals surface area contributed by atoms with Crippen LogP contribution in [0.1, 0.15) is 11.4 Å². The Labute approximate surface area is 150 Å². The number of carbonyl (C=O) groups is 1. The first-order valence-electron chi connectivity index (χ1n) is 8.26. The third-order valence-corrected chi connectivity index (χ3v) is 4.11. The Morgan fingerprint density at radius 2 is 1.69 bits per heavy atom. The summed E-state index contributed by atoms with van der Waals surface area (Å²) in [6.07, 6.45) is 0.203. The summed E-state index contributed by atoms with van der Waals surface area (Å²) in [5.74, 6) is 0.159. The average Bonchev–Trinajstić information content (AvgIpc) is 3.16. The molecule has 0 spiro atoms. The molecule has 0 aliphatic heterocycles. The number of hydrogen-bond donors (Lipinski definition) is 0. The Morgan fingerprint density at radius 1 is 0.923 bits per heavy atom. The van der Waals surface area contributed by atoms with Crippen molar-refractivity contribution in [3.05, 3.63) is 84.2 Å². The van der Waals surface area contributed by atoms with Crippen LogP contribution >= 0.6 is 0 Å². The fourth-order valence-electron chi connectivity index (χ4n) is 2.86. The Morgan fingerprint density at radius 3 is 2.58 bits per heavy atom. The van der Waals surface area contributed by atoms with Gasteiger partial charge in [0.05, 0.1) is 12.1 Å². The number of ether oxygens (including phenoxy) is 1. The van der Waals surface area contributed by atoms with Gasteiger partial charge in [0.2, 0.25) is 0 Å². The topological polar surface area (TPSA) is 69.9 Å². The summed E-state index contributed by atoms with van der Waals surface area (Å²) in [6, 6.07) is 23.4. The number of hydrogen-bond acceptors (Lipinski definition) is 5. The van der Waals surface area contributed by atoms with Gasteiger partial charge in [0, 0.05) is 0 Å². The number of nitrogens with zero attached hydrogens (tertiary/aromatic N) is 4. The van der Waals surface area contributed by atoms with E-state index in [0.717, 1.165) is 22.0 Å². The monoisotopic (exact) mass is 344 g/mol. The minimum Gasteiger partial charge on any atom is -0.457 e. The van der Waals surface area contributed by atoms with E-state index in [0.29, 0.717) is 5.82 Å². The smallest absolute Gasteiger partial charge is 0.310 e. The van der Waals surface area contributed by atoms with Gasteiger partial charge in [0.1, 0.15) is 0 Å². The average molecular weight is 344 g/mol. The van der Waals surface area contributed by atoms with Gasteiger partial charge in [-0.25, -0.2) is 0 Å². The quantitative estimate of drug-likeness (QED) is 0.520. The molecule has 1 aromatic heterocycles. The molecule has 0 atom stereocenters. The lowest BCUT2D eigenvalue weighted by Crippen LogP contribution is -2.11. The lowest BCUT2D eigenvalue weighted by Gasteiger charge is -2.08. The van der Waals surface area contributed by atoms with E-state index >= 15 is 0 Å². The summed E-state index contributed by atoms with van der Waals surface area (Å²) in [5.41, 5.74) is 1.76. The number of benzene rings is 3. The molecule has 0 amide bonds. The van der Waals surface area contributed by atoms with E-state index in [-0.39, 0.29) is 19.0 Å². The second kappa shape index (κ2) is 7.14. The number of fused-ring (bicyclic) bond motifs is 1. The summed E-state index contributed by atoms with van der Waals surface area (Å²) in [5, 5.41) is 13.7. The standard InChI is InChI=1S/C20H16N4O2/c25-20(13-16-9-6-8-15-7-4-5-12-18(15)16)26-14-19-21-22-23-24(19)17-10-2-1-3-11-17/h1-12H,13-14H2. The lowest BCUT2D eigenvalue weighted by atomic mass is 10.0. The van der Waals surface area contributed by atoms with Crippen LogP contribution in [0.15, 0.2) is 72.8 Å². The number of para-hydroxylation sites is 1. The summed E-state index contributed by atoms with van der Waals surface area (Å²) in [4.78, 5) is 12.3. The molecule has 0 saturated heterocycles. The fraction of sp³-hybridized carbons (Fsp3) is 0.100. The normalized spacial score (nSPS) is 10.8. The summed E-state index contributed by atoms with van der Waals surface area (Å²) < 4.78 is 6.96. The highest BCUT2D eigenvalue weighted by atomic mass is 16.5. The highest BCUT2D eigenvalue weighted by Gasteiger charge is 2.12. The molecule has 0 aliphatic rings. The van der Waals surface area contributed by atoms with E-state index in [2.05, 4.69) is 15.5 Å². The molecule has 26 heavy (non-hydrogen) atoms. The maximum Gasteiger partial charge on any atom is 0.310 e. The van der Waals surface area contributed by atoms with E-state index < -0.39 is 0 Å². The van der Waals surface area contributed by atoms with Crippen LogP contribution in [-0.4, -0.2) is 26.2 Å².